The Morgan fingerprint density at radius 3 is 2.80 bits per heavy atom. The van der Waals surface area contributed by atoms with Crippen LogP contribution in [0.1, 0.15) is 0 Å². The fourth-order valence-corrected chi connectivity index (χ4v) is 3.09. The Balaban J connectivity index is 2.46. The Hall–Kier alpha value is -2.06. The van der Waals surface area contributed by atoms with E-state index in [2.05, 4.69) is 9.72 Å². The first-order valence-electron chi connectivity index (χ1n) is 5.76. The monoisotopic (exact) mass is 297 g/mol. The quantitative estimate of drug-likeness (QED) is 0.633. The number of H-pyrrole nitrogens is 1. The molecule has 0 radical (unpaired) electrons. The summed E-state index contributed by atoms with van der Waals surface area (Å²) in [4.78, 5) is 14.1. The molecule has 3 N–H and O–H groups in total. The Labute approximate surface area is 116 Å². The fourth-order valence-electron chi connectivity index (χ4n) is 1.83. The Morgan fingerprint density at radius 1 is 1.45 bits per heavy atom. The number of rotatable bonds is 4. The molecular formula is C12H15N3O4S. The predicted molar refractivity (Wildman–Crippen MR) is 74.5 cm³/mol. The van der Waals surface area contributed by atoms with Crippen molar-refractivity contribution in [2.45, 2.75) is 4.90 Å². The third-order valence-corrected chi connectivity index (χ3v) is 4.78. The highest BCUT2D eigenvalue weighted by molar-refractivity contribution is 7.89. The van der Waals surface area contributed by atoms with Crippen LogP contribution in [-0.2, 0) is 19.6 Å². The Bertz CT molecular complexity index is 751. The number of hydrogen-bond acceptors (Lipinski definition) is 5. The molecule has 0 aliphatic heterocycles. The van der Waals surface area contributed by atoms with Crippen LogP contribution < -0.4 is 5.73 Å². The summed E-state index contributed by atoms with van der Waals surface area (Å²) in [6, 6.07) is 4.95. The normalized spacial score (nSPS) is 11.9. The van der Waals surface area contributed by atoms with Crippen LogP contribution in [0, 0.1) is 0 Å². The van der Waals surface area contributed by atoms with Crippen LogP contribution in [-0.4, -0.2) is 44.4 Å². The van der Waals surface area contributed by atoms with Gasteiger partial charge in [-0.2, -0.15) is 4.31 Å². The highest BCUT2D eigenvalue weighted by atomic mass is 32.2. The molecule has 0 bridgehead atoms. The second-order valence-corrected chi connectivity index (χ2v) is 6.31. The number of esters is 1. The summed E-state index contributed by atoms with van der Waals surface area (Å²) in [5.41, 5.74) is 6.80. The average molecular weight is 297 g/mol. The van der Waals surface area contributed by atoms with Crippen LogP contribution in [0.25, 0.3) is 10.9 Å². The van der Waals surface area contributed by atoms with Gasteiger partial charge in [-0.25, -0.2) is 8.42 Å². The number of anilines is 1. The van der Waals surface area contributed by atoms with E-state index in [0.29, 0.717) is 16.6 Å². The minimum Gasteiger partial charge on any atom is -0.468 e. The van der Waals surface area contributed by atoms with Crippen LogP contribution >= 0.6 is 0 Å². The zero-order valence-corrected chi connectivity index (χ0v) is 11.9. The smallest absolute Gasteiger partial charge is 0.321 e. The number of carbonyl (C=O) groups is 1. The number of nitrogens with zero attached hydrogens (tertiary/aromatic N) is 1. The standard InChI is InChI=1S/C12H15N3O4S/c1-15(7-12(16)19-2)20(17,18)11-6-14-10-4-3-8(13)5-9(10)11/h3-6,14H,7,13H2,1-2H3. The molecule has 0 aliphatic carbocycles. The number of aromatic nitrogens is 1. The molecule has 20 heavy (non-hydrogen) atoms. The average Bonchev–Trinajstić information content (AvgIpc) is 2.81. The van der Waals surface area contributed by atoms with Gasteiger partial charge < -0.3 is 15.5 Å². The summed E-state index contributed by atoms with van der Waals surface area (Å²) < 4.78 is 30.3. The number of nitrogens with one attached hydrogen (secondary N) is 1. The van der Waals surface area contributed by atoms with Crippen molar-refractivity contribution < 1.29 is 17.9 Å². The second-order valence-electron chi connectivity index (χ2n) is 4.30. The van der Waals surface area contributed by atoms with E-state index in [1.807, 2.05) is 0 Å². The van der Waals surface area contributed by atoms with Gasteiger partial charge in [-0.05, 0) is 18.2 Å². The van der Waals surface area contributed by atoms with Gasteiger partial charge in [0.05, 0.1) is 7.11 Å². The number of hydrogen-bond donors (Lipinski definition) is 2. The first-order valence-corrected chi connectivity index (χ1v) is 7.20. The zero-order valence-electron chi connectivity index (χ0n) is 11.1. The van der Waals surface area contributed by atoms with E-state index < -0.39 is 16.0 Å². The fraction of sp³-hybridized carbons (Fsp3) is 0.250. The van der Waals surface area contributed by atoms with Gasteiger partial charge in [0, 0.05) is 29.8 Å². The topological polar surface area (TPSA) is 105 Å². The molecular weight excluding hydrogens is 282 g/mol. The molecule has 0 atom stereocenters. The van der Waals surface area contributed by atoms with Crippen molar-refractivity contribution in [3.05, 3.63) is 24.4 Å². The number of likely N-dealkylation sites (N-methyl/N-ethyl adjacent to an activating group) is 1. The number of carbonyl (C=O) groups excluding carboxylic acids is 1. The summed E-state index contributed by atoms with van der Waals surface area (Å²) in [5, 5.41) is 0.488. The minimum absolute atomic E-state index is 0.0752. The Kier molecular flexibility index (Phi) is 3.69. The molecule has 108 valence electrons. The molecule has 0 fully saturated rings. The number of fused-ring (bicyclic) bond motifs is 1. The summed E-state index contributed by atoms with van der Waals surface area (Å²) in [5.74, 6) is -0.629. The van der Waals surface area contributed by atoms with Crippen molar-refractivity contribution >= 4 is 32.6 Å². The number of benzene rings is 1. The third-order valence-electron chi connectivity index (χ3n) is 2.94. The number of aromatic amines is 1. The van der Waals surface area contributed by atoms with E-state index in [1.165, 1.54) is 20.4 Å². The first kappa shape index (κ1) is 14.4. The van der Waals surface area contributed by atoms with Crippen LogP contribution in [0.5, 0.6) is 0 Å². The highest BCUT2D eigenvalue weighted by Gasteiger charge is 2.26. The highest BCUT2D eigenvalue weighted by Crippen LogP contribution is 2.26. The first-order chi connectivity index (χ1) is 9.36. The van der Waals surface area contributed by atoms with Crippen molar-refractivity contribution in [1.82, 2.24) is 9.29 Å². The maximum absolute atomic E-state index is 12.4. The number of sulfonamides is 1. The van der Waals surface area contributed by atoms with E-state index in [0.717, 1.165) is 4.31 Å². The molecule has 8 heteroatoms. The van der Waals surface area contributed by atoms with Crippen LogP contribution in [0.2, 0.25) is 0 Å². The van der Waals surface area contributed by atoms with Crippen molar-refractivity contribution in [2.24, 2.45) is 0 Å². The van der Waals surface area contributed by atoms with Crippen molar-refractivity contribution in [2.75, 3.05) is 26.4 Å². The van der Waals surface area contributed by atoms with Gasteiger partial charge in [0.2, 0.25) is 10.0 Å². The summed E-state index contributed by atoms with van der Waals surface area (Å²) in [6.45, 7) is -0.353. The largest absolute Gasteiger partial charge is 0.468 e. The number of nitrogen functional groups attached to an aromatic ring is 1. The van der Waals surface area contributed by atoms with Gasteiger partial charge in [0.15, 0.2) is 0 Å². The number of ether oxygens (including phenoxy) is 1. The molecule has 2 aromatic rings. The lowest BCUT2D eigenvalue weighted by atomic mass is 10.2. The van der Waals surface area contributed by atoms with E-state index in [-0.39, 0.29) is 11.4 Å². The van der Waals surface area contributed by atoms with Crippen LogP contribution in [0.4, 0.5) is 5.69 Å². The predicted octanol–water partition coefficient (Wildman–Crippen LogP) is 0.544. The van der Waals surface area contributed by atoms with E-state index in [1.54, 1.807) is 18.2 Å². The zero-order chi connectivity index (χ0) is 14.9. The van der Waals surface area contributed by atoms with Crippen LogP contribution in [0.15, 0.2) is 29.3 Å². The van der Waals surface area contributed by atoms with E-state index >= 15 is 0 Å². The van der Waals surface area contributed by atoms with Crippen molar-refractivity contribution in [3.8, 4) is 0 Å². The molecule has 2 rings (SSSR count). The van der Waals surface area contributed by atoms with Crippen molar-refractivity contribution in [3.63, 3.8) is 0 Å². The lowest BCUT2D eigenvalue weighted by Crippen LogP contribution is -2.32. The van der Waals surface area contributed by atoms with Gasteiger partial charge in [-0.3, -0.25) is 4.79 Å². The van der Waals surface area contributed by atoms with Gasteiger partial charge >= 0.3 is 5.97 Å². The minimum atomic E-state index is -3.80. The lowest BCUT2D eigenvalue weighted by molar-refractivity contribution is -0.140. The molecule has 1 aromatic carbocycles. The molecule has 1 aromatic heterocycles. The lowest BCUT2D eigenvalue weighted by Gasteiger charge is -2.15. The summed E-state index contributed by atoms with van der Waals surface area (Å²) in [7, 11) is -1.28. The molecule has 0 saturated carbocycles. The van der Waals surface area contributed by atoms with Crippen LogP contribution in [0.3, 0.4) is 0 Å². The van der Waals surface area contributed by atoms with Gasteiger partial charge in [0.1, 0.15) is 11.4 Å². The summed E-state index contributed by atoms with van der Waals surface area (Å²) in [6.07, 6.45) is 1.38. The molecule has 7 nitrogen and oxygen atoms in total. The molecule has 1 heterocycles. The maximum Gasteiger partial charge on any atom is 0.321 e. The molecule has 0 amide bonds. The van der Waals surface area contributed by atoms with Gasteiger partial charge in [-0.15, -0.1) is 0 Å². The summed E-state index contributed by atoms with van der Waals surface area (Å²) >= 11 is 0. The van der Waals surface area contributed by atoms with Gasteiger partial charge in [0.25, 0.3) is 0 Å². The maximum atomic E-state index is 12.4. The molecule has 0 spiro atoms. The molecule has 0 saturated heterocycles. The van der Waals surface area contributed by atoms with Gasteiger partial charge in [-0.1, -0.05) is 0 Å². The third kappa shape index (κ3) is 2.47. The number of nitrogens with two attached hydrogens (primary N) is 1. The van der Waals surface area contributed by atoms with E-state index in [9.17, 15) is 13.2 Å². The SMILES string of the molecule is COC(=O)CN(C)S(=O)(=O)c1c[nH]c2ccc(N)cc12. The van der Waals surface area contributed by atoms with E-state index in [4.69, 9.17) is 5.73 Å². The van der Waals surface area contributed by atoms with Crippen molar-refractivity contribution in [1.29, 1.82) is 0 Å². The molecule has 0 unspecified atom stereocenters. The second kappa shape index (κ2) is 5.14. The Morgan fingerprint density at radius 2 is 2.15 bits per heavy atom. The number of methoxy groups -OCH3 is 1. The molecule has 0 aliphatic rings.